The van der Waals surface area contributed by atoms with Crippen LogP contribution in [0.3, 0.4) is 0 Å². The number of rotatable bonds is 1. The Morgan fingerprint density at radius 2 is 1.77 bits per heavy atom. The van der Waals surface area contributed by atoms with Crippen molar-refractivity contribution in [3.63, 3.8) is 0 Å². The largest absolute Gasteiger partial charge is 0.274 e. The van der Waals surface area contributed by atoms with Gasteiger partial charge in [-0.05, 0) is 30.3 Å². The molecule has 124 valence electrons. The molecule has 0 N–H and O–H groups in total. The van der Waals surface area contributed by atoms with Crippen molar-refractivity contribution in [3.8, 4) is 17.1 Å². The van der Waals surface area contributed by atoms with E-state index in [1.54, 1.807) is 0 Å². The molecule has 0 saturated heterocycles. The quantitative estimate of drug-likeness (QED) is 0.419. The maximum atomic E-state index is 4.36. The molecule has 1 aliphatic heterocycles. The van der Waals surface area contributed by atoms with Crippen LogP contribution in [0.25, 0.3) is 39.1 Å². The van der Waals surface area contributed by atoms with Gasteiger partial charge in [-0.3, -0.25) is 9.55 Å². The van der Waals surface area contributed by atoms with E-state index in [9.17, 15) is 0 Å². The zero-order valence-electron chi connectivity index (χ0n) is 14.4. The Bertz CT molecular complexity index is 1310. The summed E-state index contributed by atoms with van der Waals surface area (Å²) in [6.45, 7) is 0.883. The van der Waals surface area contributed by atoms with Gasteiger partial charge in [0.15, 0.2) is 5.52 Å². The number of aromatic nitrogens is 4. The molecule has 3 aromatic heterocycles. The van der Waals surface area contributed by atoms with Crippen LogP contribution in [0, 0.1) is 0 Å². The molecule has 0 bridgehead atoms. The Morgan fingerprint density at radius 3 is 2.65 bits per heavy atom. The number of imidazole rings is 1. The third kappa shape index (κ3) is 1.59. The minimum absolute atomic E-state index is 0.883. The first-order valence-electron chi connectivity index (χ1n) is 8.85. The van der Waals surface area contributed by atoms with Crippen LogP contribution in [0.2, 0.25) is 0 Å². The van der Waals surface area contributed by atoms with Crippen LogP contribution < -0.4 is 4.57 Å². The van der Waals surface area contributed by atoms with E-state index in [-0.39, 0.29) is 0 Å². The van der Waals surface area contributed by atoms with Gasteiger partial charge in [0.05, 0.1) is 24.5 Å². The number of para-hydroxylation sites is 2. The maximum Gasteiger partial charge on any atom is 0.274 e. The van der Waals surface area contributed by atoms with E-state index in [0.29, 0.717) is 0 Å². The molecule has 26 heavy (non-hydrogen) atoms. The predicted octanol–water partition coefficient (Wildman–Crippen LogP) is 3.83. The molecule has 0 fully saturated rings. The van der Waals surface area contributed by atoms with Crippen molar-refractivity contribution >= 4 is 22.1 Å². The molecule has 0 unspecified atom stereocenters. The summed E-state index contributed by atoms with van der Waals surface area (Å²) in [5.41, 5.74) is 7.50. The molecule has 0 amide bonds. The smallest absolute Gasteiger partial charge is 0.264 e. The molecule has 0 aliphatic carbocycles. The lowest BCUT2D eigenvalue weighted by Crippen LogP contribution is -2.33. The molecule has 2 aromatic carbocycles. The van der Waals surface area contributed by atoms with Crippen molar-refractivity contribution in [2.24, 2.45) is 7.05 Å². The average Bonchev–Trinajstić information content (AvgIpc) is 3.31. The topological polar surface area (TPSA) is 26.6 Å². The fourth-order valence-electron chi connectivity index (χ4n) is 4.42. The lowest BCUT2D eigenvalue weighted by Gasteiger charge is -2.03. The highest BCUT2D eigenvalue weighted by Gasteiger charge is 2.35. The van der Waals surface area contributed by atoms with Crippen LogP contribution in [0.5, 0.6) is 0 Å². The Hall–Kier alpha value is -3.40. The number of hydrogen-bond donors (Lipinski definition) is 0. The normalized spacial score (nSPS) is 12.7. The summed E-state index contributed by atoms with van der Waals surface area (Å²) in [7, 11) is 2.16. The van der Waals surface area contributed by atoms with Crippen LogP contribution in [0.15, 0.2) is 73.1 Å². The van der Waals surface area contributed by atoms with Crippen LogP contribution in [0.1, 0.15) is 5.56 Å². The fourth-order valence-corrected chi connectivity index (χ4v) is 4.42. The van der Waals surface area contributed by atoms with Gasteiger partial charge in [-0.15, -0.1) is 0 Å². The molecular weight excluding hydrogens is 320 g/mol. The summed E-state index contributed by atoms with van der Waals surface area (Å²) < 4.78 is 7.13. The summed E-state index contributed by atoms with van der Waals surface area (Å²) in [5, 5.41) is 1.28. The minimum atomic E-state index is 0.883. The first kappa shape index (κ1) is 13.8. The Labute approximate surface area is 150 Å². The summed E-state index contributed by atoms with van der Waals surface area (Å²) in [4.78, 5) is 4.36. The van der Waals surface area contributed by atoms with Crippen LogP contribution in [-0.4, -0.2) is 14.1 Å². The first-order valence-corrected chi connectivity index (χ1v) is 8.85. The van der Waals surface area contributed by atoms with E-state index in [0.717, 1.165) is 6.54 Å². The summed E-state index contributed by atoms with van der Waals surface area (Å²) in [6, 6.07) is 21.4. The average molecular weight is 337 g/mol. The monoisotopic (exact) mass is 337 g/mol. The number of nitrogens with zero attached hydrogens (tertiary/aromatic N) is 4. The molecule has 4 heterocycles. The number of hydrogen-bond acceptors (Lipinski definition) is 1. The van der Waals surface area contributed by atoms with Gasteiger partial charge in [-0.25, -0.2) is 9.13 Å². The summed E-state index contributed by atoms with van der Waals surface area (Å²) in [6.07, 6.45) is 3.87. The molecule has 0 radical (unpaired) electrons. The molecule has 0 saturated carbocycles. The van der Waals surface area contributed by atoms with E-state index in [2.05, 4.69) is 86.4 Å². The molecule has 1 aliphatic rings. The van der Waals surface area contributed by atoms with E-state index in [1.165, 1.54) is 44.7 Å². The molecule has 6 rings (SSSR count). The highest BCUT2D eigenvalue weighted by atomic mass is 15.2. The van der Waals surface area contributed by atoms with Gasteiger partial charge >= 0.3 is 0 Å². The predicted molar refractivity (Wildman–Crippen MR) is 102 cm³/mol. The van der Waals surface area contributed by atoms with Gasteiger partial charge in [-0.2, -0.15) is 0 Å². The number of aryl methyl sites for hydroxylation is 1. The second-order valence-corrected chi connectivity index (χ2v) is 6.86. The fraction of sp³-hybridized carbons (Fsp3) is 0.0909. The summed E-state index contributed by atoms with van der Waals surface area (Å²) in [5.74, 6) is 1.23. The molecule has 4 nitrogen and oxygen atoms in total. The van der Waals surface area contributed by atoms with Gasteiger partial charge in [0.25, 0.3) is 5.65 Å². The SMILES string of the molecule is Cn1c2[n+](c3c1c1ccccc1n3-c1ccccc1)Cc1ccncc1-2. The van der Waals surface area contributed by atoms with Crippen molar-refractivity contribution in [1.29, 1.82) is 0 Å². The molecule has 5 aromatic rings. The Kier molecular flexibility index (Phi) is 2.57. The number of benzene rings is 2. The third-order valence-corrected chi connectivity index (χ3v) is 5.48. The van der Waals surface area contributed by atoms with Crippen molar-refractivity contribution in [2.75, 3.05) is 0 Å². The molecular formula is C22H17N4+. The lowest BCUT2D eigenvalue weighted by atomic mass is 10.2. The minimum Gasteiger partial charge on any atom is -0.264 e. The zero-order valence-corrected chi connectivity index (χ0v) is 14.4. The lowest BCUT2D eigenvalue weighted by molar-refractivity contribution is -0.648. The van der Waals surface area contributed by atoms with Crippen LogP contribution in [0.4, 0.5) is 0 Å². The van der Waals surface area contributed by atoms with Gasteiger partial charge in [-0.1, -0.05) is 30.3 Å². The van der Waals surface area contributed by atoms with Crippen LogP contribution in [-0.2, 0) is 13.6 Å². The van der Waals surface area contributed by atoms with Gasteiger partial charge in [0, 0.05) is 18.0 Å². The highest BCUT2D eigenvalue weighted by molar-refractivity contribution is 6.06. The first-order chi connectivity index (χ1) is 12.8. The van der Waals surface area contributed by atoms with Crippen molar-refractivity contribution in [3.05, 3.63) is 78.6 Å². The van der Waals surface area contributed by atoms with Gasteiger partial charge in [0.2, 0.25) is 5.82 Å². The van der Waals surface area contributed by atoms with Crippen LogP contribution >= 0.6 is 0 Å². The van der Waals surface area contributed by atoms with E-state index >= 15 is 0 Å². The second kappa shape index (κ2) is 4.82. The maximum absolute atomic E-state index is 4.36. The van der Waals surface area contributed by atoms with E-state index < -0.39 is 0 Å². The Morgan fingerprint density at radius 1 is 0.962 bits per heavy atom. The van der Waals surface area contributed by atoms with Crippen molar-refractivity contribution in [1.82, 2.24) is 14.1 Å². The summed E-state index contributed by atoms with van der Waals surface area (Å²) >= 11 is 0. The van der Waals surface area contributed by atoms with E-state index in [4.69, 9.17) is 0 Å². The molecule has 0 atom stereocenters. The van der Waals surface area contributed by atoms with Crippen molar-refractivity contribution < 1.29 is 4.57 Å². The third-order valence-electron chi connectivity index (χ3n) is 5.48. The zero-order chi connectivity index (χ0) is 17.3. The highest BCUT2D eigenvalue weighted by Crippen LogP contribution is 2.36. The van der Waals surface area contributed by atoms with Gasteiger partial charge < -0.3 is 0 Å². The number of pyridine rings is 1. The van der Waals surface area contributed by atoms with Crippen molar-refractivity contribution in [2.45, 2.75) is 6.54 Å². The standard InChI is InChI=1S/C22H17N4/c1-24-20-17-9-5-6-10-19(17)26(16-7-3-2-4-8-16)22(20)25-14-15-11-12-23-13-18(15)21(24)25/h2-13H,14H2,1H3/q+1. The number of fused-ring (bicyclic) bond motifs is 7. The van der Waals surface area contributed by atoms with Gasteiger partial charge in [0.1, 0.15) is 11.2 Å². The Balaban J connectivity index is 1.83. The molecule has 0 spiro atoms. The molecule has 4 heteroatoms. The van der Waals surface area contributed by atoms with E-state index in [1.807, 2.05) is 12.4 Å². The second-order valence-electron chi connectivity index (χ2n) is 6.86.